The summed E-state index contributed by atoms with van der Waals surface area (Å²) >= 11 is 0. The molecule has 130 valence electrons. The van der Waals surface area contributed by atoms with Gasteiger partial charge in [0.2, 0.25) is 0 Å². The summed E-state index contributed by atoms with van der Waals surface area (Å²) in [5.41, 5.74) is 2.53. The van der Waals surface area contributed by atoms with Crippen molar-refractivity contribution in [2.75, 3.05) is 53.0 Å². The van der Waals surface area contributed by atoms with Crippen molar-refractivity contribution in [3.05, 3.63) is 36.0 Å². The standard InChI is InChI=1S/C18H27N5O/c1-19-18(21-8-9-23-10-12-24-13-11-23)20-7-6-15-14-22-17-5-3-2-4-16(15)17/h2-5,14,22H,6-13H2,1H3,(H2,19,20,21). The number of para-hydroxylation sites is 1. The zero-order valence-corrected chi connectivity index (χ0v) is 14.3. The monoisotopic (exact) mass is 329 g/mol. The lowest BCUT2D eigenvalue weighted by atomic mass is 10.1. The Morgan fingerprint density at radius 1 is 1.21 bits per heavy atom. The predicted octanol–water partition coefficient (Wildman–Crippen LogP) is 1.21. The minimum absolute atomic E-state index is 0.845. The Kier molecular flexibility index (Phi) is 6.09. The molecule has 0 bridgehead atoms. The second kappa shape index (κ2) is 8.70. The smallest absolute Gasteiger partial charge is 0.191 e. The molecule has 3 rings (SSSR count). The predicted molar refractivity (Wildman–Crippen MR) is 98.6 cm³/mol. The normalized spacial score (nSPS) is 16.5. The molecule has 0 spiro atoms. The van der Waals surface area contributed by atoms with Crippen LogP contribution >= 0.6 is 0 Å². The van der Waals surface area contributed by atoms with Gasteiger partial charge in [0.15, 0.2) is 5.96 Å². The molecule has 2 aromatic rings. The zero-order valence-electron chi connectivity index (χ0n) is 14.3. The largest absolute Gasteiger partial charge is 0.379 e. The van der Waals surface area contributed by atoms with E-state index in [0.717, 1.165) is 58.3 Å². The molecule has 6 nitrogen and oxygen atoms in total. The number of rotatable bonds is 6. The number of nitrogens with zero attached hydrogens (tertiary/aromatic N) is 2. The lowest BCUT2D eigenvalue weighted by molar-refractivity contribution is 0.0389. The highest BCUT2D eigenvalue weighted by Crippen LogP contribution is 2.17. The fourth-order valence-electron chi connectivity index (χ4n) is 3.03. The van der Waals surface area contributed by atoms with E-state index in [4.69, 9.17) is 4.74 Å². The van der Waals surface area contributed by atoms with Crippen molar-refractivity contribution in [1.82, 2.24) is 20.5 Å². The highest BCUT2D eigenvalue weighted by Gasteiger charge is 2.09. The van der Waals surface area contributed by atoms with Crippen LogP contribution in [0.5, 0.6) is 0 Å². The average molecular weight is 329 g/mol. The van der Waals surface area contributed by atoms with E-state index in [2.05, 4.69) is 56.0 Å². The van der Waals surface area contributed by atoms with Gasteiger partial charge < -0.3 is 20.4 Å². The molecule has 0 amide bonds. The third kappa shape index (κ3) is 4.49. The number of morpholine rings is 1. The maximum absolute atomic E-state index is 5.37. The van der Waals surface area contributed by atoms with Crippen molar-refractivity contribution in [2.24, 2.45) is 4.99 Å². The molecule has 2 heterocycles. The van der Waals surface area contributed by atoms with Crippen molar-refractivity contribution in [2.45, 2.75) is 6.42 Å². The lowest BCUT2D eigenvalue weighted by Crippen LogP contribution is -2.44. The molecule has 1 aliphatic rings. The van der Waals surface area contributed by atoms with Gasteiger partial charge in [-0.3, -0.25) is 9.89 Å². The first kappa shape index (κ1) is 16.8. The molecule has 3 N–H and O–H groups in total. The molecule has 1 saturated heterocycles. The Bertz CT molecular complexity index is 660. The van der Waals surface area contributed by atoms with Gasteiger partial charge in [-0.2, -0.15) is 0 Å². The summed E-state index contributed by atoms with van der Waals surface area (Å²) in [6, 6.07) is 8.41. The highest BCUT2D eigenvalue weighted by atomic mass is 16.5. The number of aliphatic imine (C=N–C) groups is 1. The van der Waals surface area contributed by atoms with Crippen LogP contribution in [0, 0.1) is 0 Å². The Morgan fingerprint density at radius 3 is 2.83 bits per heavy atom. The third-order valence-electron chi connectivity index (χ3n) is 4.41. The Morgan fingerprint density at radius 2 is 2.00 bits per heavy atom. The summed E-state index contributed by atoms with van der Waals surface area (Å²) in [5.74, 6) is 0.864. The van der Waals surface area contributed by atoms with Crippen LogP contribution in [0.1, 0.15) is 5.56 Å². The van der Waals surface area contributed by atoms with Gasteiger partial charge in [-0.15, -0.1) is 0 Å². The molecule has 1 aromatic carbocycles. The maximum Gasteiger partial charge on any atom is 0.191 e. The molecular weight excluding hydrogens is 302 g/mol. The van der Waals surface area contributed by atoms with Crippen molar-refractivity contribution < 1.29 is 4.74 Å². The van der Waals surface area contributed by atoms with E-state index >= 15 is 0 Å². The average Bonchev–Trinajstić information content (AvgIpc) is 3.04. The number of benzene rings is 1. The number of H-pyrrole nitrogens is 1. The molecular formula is C18H27N5O. The number of aromatic nitrogens is 1. The molecule has 1 fully saturated rings. The van der Waals surface area contributed by atoms with E-state index in [1.807, 2.05) is 7.05 Å². The van der Waals surface area contributed by atoms with E-state index in [1.54, 1.807) is 0 Å². The second-order valence-corrected chi connectivity index (χ2v) is 5.99. The van der Waals surface area contributed by atoms with Gasteiger partial charge in [0.25, 0.3) is 0 Å². The SMILES string of the molecule is CN=C(NCCc1c[nH]c2ccccc12)NCCN1CCOCC1. The first-order valence-corrected chi connectivity index (χ1v) is 8.66. The molecule has 0 atom stereocenters. The summed E-state index contributed by atoms with van der Waals surface area (Å²) in [7, 11) is 1.82. The summed E-state index contributed by atoms with van der Waals surface area (Å²) in [5, 5.41) is 8.08. The number of fused-ring (bicyclic) bond motifs is 1. The number of hydrogen-bond acceptors (Lipinski definition) is 3. The Labute approximate surface area is 143 Å². The van der Waals surface area contributed by atoms with Gasteiger partial charge in [-0.1, -0.05) is 18.2 Å². The zero-order chi connectivity index (χ0) is 16.6. The van der Waals surface area contributed by atoms with Crippen LogP contribution in [0.3, 0.4) is 0 Å². The van der Waals surface area contributed by atoms with Gasteiger partial charge in [0.05, 0.1) is 13.2 Å². The molecule has 0 aliphatic carbocycles. The van der Waals surface area contributed by atoms with E-state index < -0.39 is 0 Å². The summed E-state index contributed by atoms with van der Waals surface area (Å²) in [6.07, 6.45) is 3.06. The van der Waals surface area contributed by atoms with Crippen LogP contribution in [-0.2, 0) is 11.2 Å². The quantitative estimate of drug-likeness (QED) is 0.551. The highest BCUT2D eigenvalue weighted by molar-refractivity contribution is 5.83. The number of nitrogens with one attached hydrogen (secondary N) is 3. The lowest BCUT2D eigenvalue weighted by Gasteiger charge is -2.26. The molecule has 0 radical (unpaired) electrons. The van der Waals surface area contributed by atoms with Crippen LogP contribution in [0.15, 0.2) is 35.5 Å². The van der Waals surface area contributed by atoms with Crippen LogP contribution in [0.2, 0.25) is 0 Å². The van der Waals surface area contributed by atoms with E-state index in [0.29, 0.717) is 0 Å². The number of hydrogen-bond donors (Lipinski definition) is 3. The van der Waals surface area contributed by atoms with Gasteiger partial charge in [-0.25, -0.2) is 0 Å². The molecule has 0 saturated carbocycles. The van der Waals surface area contributed by atoms with Crippen molar-refractivity contribution in [1.29, 1.82) is 0 Å². The topological polar surface area (TPSA) is 64.7 Å². The molecule has 6 heteroatoms. The van der Waals surface area contributed by atoms with Crippen molar-refractivity contribution in [3.63, 3.8) is 0 Å². The molecule has 1 aromatic heterocycles. The van der Waals surface area contributed by atoms with Crippen molar-refractivity contribution in [3.8, 4) is 0 Å². The molecule has 1 aliphatic heterocycles. The second-order valence-electron chi connectivity index (χ2n) is 5.99. The van der Waals surface area contributed by atoms with E-state index in [9.17, 15) is 0 Å². The molecule has 24 heavy (non-hydrogen) atoms. The first-order chi connectivity index (χ1) is 11.9. The first-order valence-electron chi connectivity index (χ1n) is 8.66. The van der Waals surface area contributed by atoms with E-state index in [-0.39, 0.29) is 0 Å². The van der Waals surface area contributed by atoms with Crippen LogP contribution in [-0.4, -0.2) is 68.8 Å². The molecule has 0 unspecified atom stereocenters. The number of aromatic amines is 1. The summed E-state index contributed by atoms with van der Waals surface area (Å²) in [4.78, 5) is 10.0. The maximum atomic E-state index is 5.37. The van der Waals surface area contributed by atoms with Crippen LogP contribution < -0.4 is 10.6 Å². The summed E-state index contributed by atoms with van der Waals surface area (Å²) in [6.45, 7) is 6.51. The third-order valence-corrected chi connectivity index (χ3v) is 4.41. The van der Waals surface area contributed by atoms with Gasteiger partial charge in [-0.05, 0) is 18.1 Å². The Balaban J connectivity index is 1.39. The number of ether oxygens (including phenoxy) is 1. The Hall–Kier alpha value is -2.05. The number of guanidine groups is 1. The van der Waals surface area contributed by atoms with Crippen LogP contribution in [0.25, 0.3) is 10.9 Å². The van der Waals surface area contributed by atoms with Gasteiger partial charge in [0, 0.05) is 56.9 Å². The minimum Gasteiger partial charge on any atom is -0.379 e. The van der Waals surface area contributed by atoms with Gasteiger partial charge in [0.1, 0.15) is 0 Å². The minimum atomic E-state index is 0.845. The van der Waals surface area contributed by atoms with E-state index in [1.165, 1.54) is 16.5 Å². The van der Waals surface area contributed by atoms with Crippen molar-refractivity contribution >= 4 is 16.9 Å². The fourth-order valence-corrected chi connectivity index (χ4v) is 3.03. The van der Waals surface area contributed by atoms with Gasteiger partial charge >= 0.3 is 0 Å². The van der Waals surface area contributed by atoms with Crippen LogP contribution in [0.4, 0.5) is 0 Å². The fraction of sp³-hybridized carbons (Fsp3) is 0.500. The summed E-state index contributed by atoms with van der Waals surface area (Å²) < 4.78 is 5.37.